The van der Waals surface area contributed by atoms with Crippen LogP contribution >= 0.6 is 0 Å². The maximum absolute atomic E-state index is 12.9. The number of sulfonamides is 1. The van der Waals surface area contributed by atoms with Gasteiger partial charge in [-0.3, -0.25) is 4.90 Å². The minimum atomic E-state index is -3.46. The molecule has 0 amide bonds. The molecular weight excluding hydrogens is 334 g/mol. The van der Waals surface area contributed by atoms with Crippen molar-refractivity contribution in [2.45, 2.75) is 24.9 Å². The van der Waals surface area contributed by atoms with Crippen molar-refractivity contribution in [3.63, 3.8) is 0 Å². The van der Waals surface area contributed by atoms with Gasteiger partial charge in [-0.15, -0.1) is 0 Å². The van der Waals surface area contributed by atoms with Crippen molar-refractivity contribution >= 4 is 10.0 Å². The fourth-order valence-electron chi connectivity index (χ4n) is 3.15. The Balaban J connectivity index is 1.67. The van der Waals surface area contributed by atoms with Gasteiger partial charge >= 0.3 is 0 Å². The molecule has 0 bridgehead atoms. The van der Waals surface area contributed by atoms with Crippen LogP contribution in [0.1, 0.15) is 16.7 Å². The predicted molar refractivity (Wildman–Crippen MR) is 99.5 cm³/mol. The summed E-state index contributed by atoms with van der Waals surface area (Å²) in [7, 11) is -3.46. The maximum atomic E-state index is 12.9. The van der Waals surface area contributed by atoms with Crippen LogP contribution in [0.4, 0.5) is 0 Å². The smallest absolute Gasteiger partial charge is 0.243 e. The molecule has 2 aromatic carbocycles. The Morgan fingerprint density at radius 2 is 1.68 bits per heavy atom. The van der Waals surface area contributed by atoms with Crippen LogP contribution < -0.4 is 5.73 Å². The zero-order chi connectivity index (χ0) is 17.9. The van der Waals surface area contributed by atoms with Crippen molar-refractivity contribution in [3.05, 3.63) is 65.2 Å². The minimum Gasteiger partial charge on any atom is -0.326 e. The topological polar surface area (TPSA) is 66.6 Å². The summed E-state index contributed by atoms with van der Waals surface area (Å²) in [6.07, 6.45) is 0. The van der Waals surface area contributed by atoms with E-state index < -0.39 is 10.0 Å². The van der Waals surface area contributed by atoms with Crippen molar-refractivity contribution in [1.29, 1.82) is 0 Å². The lowest BCUT2D eigenvalue weighted by molar-refractivity contribution is 0.181. The standard InChI is InChI=1S/C19H25N3O2S/c1-16-7-8-19(13-18(16)14-20)25(23,24)22-11-9-21(10-12-22)15-17-5-3-2-4-6-17/h2-8,13H,9-12,14-15,20H2,1H3. The molecule has 0 atom stereocenters. The Hall–Kier alpha value is -1.73. The zero-order valence-corrected chi connectivity index (χ0v) is 15.4. The van der Waals surface area contributed by atoms with Gasteiger partial charge in [0.2, 0.25) is 10.0 Å². The molecule has 1 saturated heterocycles. The third-order valence-corrected chi connectivity index (χ3v) is 6.65. The molecule has 25 heavy (non-hydrogen) atoms. The first kappa shape index (κ1) is 18.1. The van der Waals surface area contributed by atoms with Gasteiger partial charge in [0, 0.05) is 39.3 Å². The Labute approximate surface area is 150 Å². The van der Waals surface area contributed by atoms with Crippen LogP contribution in [0, 0.1) is 6.92 Å². The monoisotopic (exact) mass is 359 g/mol. The van der Waals surface area contributed by atoms with Gasteiger partial charge in [-0.05, 0) is 35.7 Å². The van der Waals surface area contributed by atoms with Gasteiger partial charge < -0.3 is 5.73 Å². The van der Waals surface area contributed by atoms with Crippen LogP contribution in [0.25, 0.3) is 0 Å². The number of hydrogen-bond donors (Lipinski definition) is 1. The molecule has 5 nitrogen and oxygen atoms in total. The van der Waals surface area contributed by atoms with E-state index in [0.29, 0.717) is 24.5 Å². The number of piperazine rings is 1. The second-order valence-corrected chi connectivity index (χ2v) is 8.40. The normalized spacial score (nSPS) is 16.9. The average molecular weight is 359 g/mol. The Morgan fingerprint density at radius 3 is 2.32 bits per heavy atom. The van der Waals surface area contributed by atoms with Crippen molar-refractivity contribution < 1.29 is 8.42 Å². The molecule has 1 aliphatic heterocycles. The molecule has 0 spiro atoms. The third-order valence-electron chi connectivity index (χ3n) is 4.76. The highest BCUT2D eigenvalue weighted by atomic mass is 32.2. The number of hydrogen-bond acceptors (Lipinski definition) is 4. The highest BCUT2D eigenvalue weighted by Gasteiger charge is 2.28. The molecule has 2 aromatic rings. The molecule has 0 unspecified atom stereocenters. The van der Waals surface area contributed by atoms with Crippen molar-refractivity contribution in [3.8, 4) is 0 Å². The fourth-order valence-corrected chi connectivity index (χ4v) is 4.62. The van der Waals surface area contributed by atoms with E-state index in [-0.39, 0.29) is 0 Å². The highest BCUT2D eigenvalue weighted by molar-refractivity contribution is 7.89. The summed E-state index contributed by atoms with van der Waals surface area (Å²) in [6, 6.07) is 15.5. The van der Waals surface area contributed by atoms with E-state index in [1.807, 2.05) is 31.2 Å². The quantitative estimate of drug-likeness (QED) is 0.886. The summed E-state index contributed by atoms with van der Waals surface area (Å²) in [5.74, 6) is 0. The summed E-state index contributed by atoms with van der Waals surface area (Å²) in [5.41, 5.74) is 8.87. The van der Waals surface area contributed by atoms with Crippen LogP contribution in [0.5, 0.6) is 0 Å². The Morgan fingerprint density at radius 1 is 1.00 bits per heavy atom. The lowest BCUT2D eigenvalue weighted by Gasteiger charge is -2.34. The summed E-state index contributed by atoms with van der Waals surface area (Å²) >= 11 is 0. The van der Waals surface area contributed by atoms with Gasteiger partial charge in [-0.2, -0.15) is 4.31 Å². The second-order valence-electron chi connectivity index (χ2n) is 6.46. The molecule has 1 aliphatic rings. The number of rotatable bonds is 5. The van der Waals surface area contributed by atoms with Crippen LogP contribution in [-0.4, -0.2) is 43.8 Å². The highest BCUT2D eigenvalue weighted by Crippen LogP contribution is 2.21. The number of nitrogens with zero attached hydrogens (tertiary/aromatic N) is 2. The lowest BCUT2D eigenvalue weighted by Crippen LogP contribution is -2.48. The van der Waals surface area contributed by atoms with Crippen molar-refractivity contribution in [2.24, 2.45) is 5.73 Å². The summed E-state index contributed by atoms with van der Waals surface area (Å²) < 4.78 is 27.4. The summed E-state index contributed by atoms with van der Waals surface area (Å²) in [5, 5.41) is 0. The molecule has 0 aromatic heterocycles. The molecule has 0 aliphatic carbocycles. The average Bonchev–Trinajstić information content (AvgIpc) is 2.63. The fraction of sp³-hybridized carbons (Fsp3) is 0.368. The van der Waals surface area contributed by atoms with E-state index in [2.05, 4.69) is 17.0 Å². The first-order valence-electron chi connectivity index (χ1n) is 8.57. The van der Waals surface area contributed by atoms with Gasteiger partial charge in [0.1, 0.15) is 0 Å². The van der Waals surface area contributed by atoms with E-state index >= 15 is 0 Å². The van der Waals surface area contributed by atoms with Crippen LogP contribution in [0.15, 0.2) is 53.4 Å². The minimum absolute atomic E-state index is 0.343. The van der Waals surface area contributed by atoms with E-state index in [0.717, 1.165) is 30.8 Å². The predicted octanol–water partition coefficient (Wildman–Crippen LogP) is 1.96. The van der Waals surface area contributed by atoms with Gasteiger partial charge in [0.05, 0.1) is 4.90 Å². The van der Waals surface area contributed by atoms with Crippen LogP contribution in [0.3, 0.4) is 0 Å². The molecule has 3 rings (SSSR count). The van der Waals surface area contributed by atoms with E-state index in [1.165, 1.54) is 5.56 Å². The first-order valence-corrected chi connectivity index (χ1v) is 10.0. The molecule has 0 radical (unpaired) electrons. The van der Waals surface area contributed by atoms with Crippen LogP contribution in [-0.2, 0) is 23.1 Å². The van der Waals surface area contributed by atoms with Crippen LogP contribution in [0.2, 0.25) is 0 Å². The lowest BCUT2D eigenvalue weighted by atomic mass is 10.1. The van der Waals surface area contributed by atoms with E-state index in [4.69, 9.17) is 5.73 Å². The molecule has 6 heteroatoms. The number of benzene rings is 2. The molecule has 1 heterocycles. The maximum Gasteiger partial charge on any atom is 0.243 e. The zero-order valence-electron chi connectivity index (χ0n) is 14.6. The van der Waals surface area contributed by atoms with Gasteiger partial charge in [0.15, 0.2) is 0 Å². The van der Waals surface area contributed by atoms with E-state index in [9.17, 15) is 8.42 Å². The molecule has 2 N–H and O–H groups in total. The summed E-state index contributed by atoms with van der Waals surface area (Å²) in [4.78, 5) is 2.64. The Bertz CT molecular complexity index is 814. The van der Waals surface area contributed by atoms with Crippen molar-refractivity contribution in [1.82, 2.24) is 9.21 Å². The number of nitrogens with two attached hydrogens (primary N) is 1. The number of aryl methyl sites for hydroxylation is 1. The van der Waals surface area contributed by atoms with Crippen molar-refractivity contribution in [2.75, 3.05) is 26.2 Å². The molecular formula is C19H25N3O2S. The third kappa shape index (κ3) is 4.10. The Kier molecular flexibility index (Phi) is 5.54. The first-order chi connectivity index (χ1) is 12.0. The van der Waals surface area contributed by atoms with Gasteiger partial charge in [-0.1, -0.05) is 36.4 Å². The molecule has 0 saturated carbocycles. The largest absolute Gasteiger partial charge is 0.326 e. The molecule has 1 fully saturated rings. The van der Waals surface area contributed by atoms with Gasteiger partial charge in [0.25, 0.3) is 0 Å². The summed E-state index contributed by atoms with van der Waals surface area (Å²) in [6.45, 7) is 5.66. The van der Waals surface area contributed by atoms with Gasteiger partial charge in [-0.25, -0.2) is 8.42 Å². The van der Waals surface area contributed by atoms with E-state index in [1.54, 1.807) is 16.4 Å². The SMILES string of the molecule is Cc1ccc(S(=O)(=O)N2CCN(Cc3ccccc3)CC2)cc1CN. The molecule has 134 valence electrons. The second kappa shape index (κ2) is 7.66.